The van der Waals surface area contributed by atoms with Gasteiger partial charge in [0.2, 0.25) is 5.91 Å². The van der Waals surface area contributed by atoms with Gasteiger partial charge in [0.05, 0.1) is 16.8 Å². The van der Waals surface area contributed by atoms with Crippen LogP contribution in [0.1, 0.15) is 28.9 Å². The molecule has 0 unspecified atom stereocenters. The number of amides is 1. The third-order valence-corrected chi connectivity index (χ3v) is 5.49. The number of hydrogen-bond donors (Lipinski definition) is 1. The van der Waals surface area contributed by atoms with Crippen molar-refractivity contribution in [2.75, 3.05) is 5.32 Å². The van der Waals surface area contributed by atoms with Gasteiger partial charge < -0.3 is 9.73 Å². The number of Topliss-reactive ketones (excluding diaryl/α,β-unsaturated/α-hetero) is 1. The first-order valence-electron chi connectivity index (χ1n) is 9.47. The van der Waals surface area contributed by atoms with Gasteiger partial charge in [-0.15, -0.1) is 0 Å². The molecule has 4 aromatic rings. The van der Waals surface area contributed by atoms with Gasteiger partial charge in [-0.25, -0.2) is 9.97 Å². The van der Waals surface area contributed by atoms with Gasteiger partial charge in [-0.05, 0) is 0 Å². The van der Waals surface area contributed by atoms with Gasteiger partial charge in [0.1, 0.15) is 0 Å². The Morgan fingerprint density at radius 3 is 2.33 bits per heavy atom. The summed E-state index contributed by atoms with van der Waals surface area (Å²) in [5.41, 5.74) is 2.37. The minimum Gasteiger partial charge on any atom is -0.441 e. The quantitative estimate of drug-likeness (QED) is 0.416. The van der Waals surface area contributed by atoms with Gasteiger partial charge in [-0.1, -0.05) is 72.0 Å². The van der Waals surface area contributed by atoms with Crippen LogP contribution >= 0.6 is 11.3 Å². The lowest BCUT2D eigenvalue weighted by atomic mass is 10.1. The summed E-state index contributed by atoms with van der Waals surface area (Å²) in [6.45, 7) is 1.50. The number of ketones is 1. The molecule has 1 N–H and O–H groups in total. The van der Waals surface area contributed by atoms with Crippen molar-refractivity contribution in [3.05, 3.63) is 77.6 Å². The van der Waals surface area contributed by atoms with Crippen molar-refractivity contribution < 1.29 is 14.0 Å². The normalized spacial score (nSPS) is 10.7. The van der Waals surface area contributed by atoms with E-state index in [1.807, 2.05) is 60.7 Å². The van der Waals surface area contributed by atoms with Crippen LogP contribution in [0.25, 0.3) is 22.6 Å². The zero-order valence-electron chi connectivity index (χ0n) is 16.3. The molecule has 0 radical (unpaired) electrons. The monoisotopic (exact) mass is 417 g/mol. The summed E-state index contributed by atoms with van der Waals surface area (Å²) in [6.07, 6.45) is 2.23. The van der Waals surface area contributed by atoms with Crippen LogP contribution in [0.4, 0.5) is 5.13 Å². The van der Waals surface area contributed by atoms with E-state index in [1.54, 1.807) is 6.20 Å². The van der Waals surface area contributed by atoms with E-state index >= 15 is 0 Å². The van der Waals surface area contributed by atoms with Gasteiger partial charge in [-0.2, -0.15) is 0 Å². The molecule has 0 atom stereocenters. The highest BCUT2D eigenvalue weighted by Gasteiger charge is 2.18. The highest BCUT2D eigenvalue weighted by molar-refractivity contribution is 7.18. The van der Waals surface area contributed by atoms with Gasteiger partial charge in [0, 0.05) is 30.9 Å². The summed E-state index contributed by atoms with van der Waals surface area (Å²) < 4.78 is 5.73. The lowest BCUT2D eigenvalue weighted by molar-refractivity contribution is -0.116. The van der Waals surface area contributed by atoms with Crippen LogP contribution in [0.5, 0.6) is 0 Å². The second-order valence-corrected chi connectivity index (χ2v) is 7.65. The number of aryl methyl sites for hydroxylation is 1. The van der Waals surface area contributed by atoms with Crippen molar-refractivity contribution in [2.45, 2.75) is 19.8 Å². The summed E-state index contributed by atoms with van der Waals surface area (Å²) in [6, 6.07) is 19.1. The van der Waals surface area contributed by atoms with E-state index < -0.39 is 0 Å². The summed E-state index contributed by atoms with van der Waals surface area (Å²) in [4.78, 5) is 33.6. The van der Waals surface area contributed by atoms with Crippen molar-refractivity contribution in [3.63, 3.8) is 0 Å². The topological polar surface area (TPSA) is 85.1 Å². The molecule has 0 aliphatic carbocycles. The van der Waals surface area contributed by atoms with Gasteiger partial charge >= 0.3 is 0 Å². The molecule has 0 saturated carbocycles. The smallest absolute Gasteiger partial charge is 0.226 e. The summed E-state index contributed by atoms with van der Waals surface area (Å²) in [7, 11) is 0. The van der Waals surface area contributed by atoms with Crippen LogP contribution < -0.4 is 5.32 Å². The molecule has 2 aromatic heterocycles. The number of oxazole rings is 1. The van der Waals surface area contributed by atoms with Crippen molar-refractivity contribution >= 4 is 28.2 Å². The number of benzene rings is 2. The van der Waals surface area contributed by atoms with Gasteiger partial charge in [0.25, 0.3) is 0 Å². The number of hydrogen-bond acceptors (Lipinski definition) is 6. The lowest BCUT2D eigenvalue weighted by Gasteiger charge is -2.00. The fourth-order valence-electron chi connectivity index (χ4n) is 2.97. The maximum Gasteiger partial charge on any atom is 0.226 e. The third kappa shape index (κ3) is 4.52. The first kappa shape index (κ1) is 19.7. The van der Waals surface area contributed by atoms with Crippen LogP contribution in [0, 0.1) is 0 Å². The second kappa shape index (κ2) is 8.84. The highest BCUT2D eigenvalue weighted by Crippen LogP contribution is 2.31. The van der Waals surface area contributed by atoms with E-state index in [4.69, 9.17) is 4.42 Å². The standard InChI is InChI=1S/C23H19N3O3S/c1-15(27)22-21(17-10-6-3-7-11-17)26-23(30-22)25-19(28)12-13-20-24-14-18(29-20)16-8-4-2-5-9-16/h2-11,14H,12-13H2,1H3,(H,25,26,28). The molecule has 30 heavy (non-hydrogen) atoms. The fourth-order valence-corrected chi connectivity index (χ4v) is 3.87. The van der Waals surface area contributed by atoms with Crippen LogP contribution in [0.3, 0.4) is 0 Å². The maximum atomic E-state index is 12.4. The van der Waals surface area contributed by atoms with E-state index in [0.29, 0.717) is 33.8 Å². The van der Waals surface area contributed by atoms with E-state index in [0.717, 1.165) is 11.1 Å². The molecular weight excluding hydrogens is 398 g/mol. The summed E-state index contributed by atoms with van der Waals surface area (Å²) >= 11 is 1.18. The number of carbonyl (C=O) groups is 2. The number of nitrogens with one attached hydrogen (secondary N) is 1. The number of nitrogens with zero attached hydrogens (tertiary/aromatic N) is 2. The Kier molecular flexibility index (Phi) is 5.81. The molecule has 0 fully saturated rings. The Morgan fingerprint density at radius 2 is 1.67 bits per heavy atom. The number of rotatable bonds is 7. The molecule has 150 valence electrons. The fraction of sp³-hybridized carbons (Fsp3) is 0.130. The Balaban J connectivity index is 1.41. The van der Waals surface area contributed by atoms with E-state index in [2.05, 4.69) is 15.3 Å². The highest BCUT2D eigenvalue weighted by atomic mass is 32.1. The number of thiazole rings is 1. The molecule has 1 amide bonds. The Morgan fingerprint density at radius 1 is 1.00 bits per heavy atom. The second-order valence-electron chi connectivity index (χ2n) is 6.65. The summed E-state index contributed by atoms with van der Waals surface area (Å²) in [5, 5.41) is 3.19. The predicted molar refractivity (Wildman–Crippen MR) is 116 cm³/mol. The predicted octanol–water partition coefficient (Wildman–Crippen LogP) is 5.24. The number of carbonyl (C=O) groups excluding carboxylic acids is 2. The van der Waals surface area contributed by atoms with Crippen molar-refractivity contribution in [3.8, 4) is 22.6 Å². The number of anilines is 1. The average Bonchev–Trinajstić information content (AvgIpc) is 3.41. The summed E-state index contributed by atoms with van der Waals surface area (Å²) in [5.74, 6) is 0.875. The SMILES string of the molecule is CC(=O)c1sc(NC(=O)CCc2ncc(-c3ccccc3)o2)nc1-c1ccccc1. The molecule has 2 aromatic carbocycles. The van der Waals surface area contributed by atoms with E-state index in [1.165, 1.54) is 18.3 Å². The maximum absolute atomic E-state index is 12.4. The molecule has 0 aliphatic heterocycles. The molecule has 2 heterocycles. The third-order valence-electron chi connectivity index (χ3n) is 4.42. The van der Waals surface area contributed by atoms with E-state index in [9.17, 15) is 9.59 Å². The molecule has 0 saturated heterocycles. The lowest BCUT2D eigenvalue weighted by Crippen LogP contribution is -2.12. The molecule has 0 spiro atoms. The first-order valence-corrected chi connectivity index (χ1v) is 10.3. The van der Waals surface area contributed by atoms with Crippen LogP contribution in [0.2, 0.25) is 0 Å². The molecule has 4 rings (SSSR count). The van der Waals surface area contributed by atoms with Crippen LogP contribution in [0.15, 0.2) is 71.3 Å². The zero-order valence-corrected chi connectivity index (χ0v) is 17.1. The molecule has 0 bridgehead atoms. The van der Waals surface area contributed by atoms with Crippen molar-refractivity contribution in [1.82, 2.24) is 9.97 Å². The minimum absolute atomic E-state index is 0.0833. The molecule has 7 heteroatoms. The minimum atomic E-state index is -0.210. The first-order chi connectivity index (χ1) is 14.6. The van der Waals surface area contributed by atoms with Gasteiger partial charge in [0.15, 0.2) is 22.6 Å². The zero-order chi connectivity index (χ0) is 20.9. The van der Waals surface area contributed by atoms with Crippen LogP contribution in [-0.4, -0.2) is 21.7 Å². The van der Waals surface area contributed by atoms with Crippen molar-refractivity contribution in [1.29, 1.82) is 0 Å². The Labute approximate surface area is 177 Å². The van der Waals surface area contributed by atoms with Crippen molar-refractivity contribution in [2.24, 2.45) is 0 Å². The largest absolute Gasteiger partial charge is 0.441 e. The Bertz CT molecular complexity index is 1170. The Hall–Kier alpha value is -3.58. The average molecular weight is 417 g/mol. The van der Waals surface area contributed by atoms with E-state index in [-0.39, 0.29) is 18.1 Å². The number of aromatic nitrogens is 2. The van der Waals surface area contributed by atoms with Gasteiger partial charge in [-0.3, -0.25) is 9.59 Å². The van der Waals surface area contributed by atoms with Crippen LogP contribution in [-0.2, 0) is 11.2 Å². The molecular formula is C23H19N3O3S. The molecule has 0 aliphatic rings. The molecule has 6 nitrogen and oxygen atoms in total.